The second kappa shape index (κ2) is 22.3. The van der Waals surface area contributed by atoms with Crippen molar-refractivity contribution in [1.29, 1.82) is 0 Å². The molecule has 14 nitrogen and oxygen atoms in total. The molecule has 0 bridgehead atoms. The number of nitrogens with one attached hydrogen (secondary N) is 1. The van der Waals surface area contributed by atoms with Gasteiger partial charge in [0.1, 0.15) is 36.3 Å². The first-order valence-corrected chi connectivity index (χ1v) is 24.3. The SMILES string of the molecule is CC/C(=C(/c1ccc(O)cc1)c1ccc(OCCN(C)C(=O)CCCOCCOc2cc(CC(=O)N3CCC[C@H]3C3=N[C@@](C)(c4ccc(-c5scnc5C)cc4)C(=O)N3)on2)cc1)c1ccccc1. The summed E-state index contributed by atoms with van der Waals surface area (Å²) in [7, 11) is 1.77. The molecule has 3 amide bonds. The van der Waals surface area contributed by atoms with Crippen molar-refractivity contribution in [2.24, 2.45) is 4.99 Å². The van der Waals surface area contributed by atoms with Gasteiger partial charge in [-0.15, -0.1) is 11.3 Å². The number of amidine groups is 1. The van der Waals surface area contributed by atoms with Gasteiger partial charge in [0, 0.05) is 32.7 Å². The number of allylic oxidation sites excluding steroid dienone is 1. The lowest BCUT2D eigenvalue weighted by atomic mass is 9.88. The Morgan fingerprint density at radius 1 is 0.928 bits per heavy atom. The molecule has 2 N–H and O–H groups in total. The van der Waals surface area contributed by atoms with E-state index in [4.69, 9.17) is 23.7 Å². The fraction of sp³-hybridized carbons (Fsp3) is 0.333. The minimum absolute atomic E-state index is 0.000904. The summed E-state index contributed by atoms with van der Waals surface area (Å²) >= 11 is 1.58. The number of hydrogen-bond donors (Lipinski definition) is 2. The number of carbonyl (C=O) groups excluding carboxylic acids is 3. The highest BCUT2D eigenvalue weighted by Crippen LogP contribution is 2.37. The third kappa shape index (κ3) is 11.6. The standard InChI is InChI=1S/C54H58N6O8S/c1-5-45(37-11-7-6-8-12-37)50(38-17-23-42(61)24-18-38)39-19-25-43(26-20-39)66-30-28-59(4)48(62)14-10-29-65-31-32-67-47-33-44(68-58-47)34-49(63)60-27-9-13-46(60)52-56-53(64)54(3,57-52)41-21-15-40(16-22-41)51-36(2)55-35-69-51/h6-8,11-12,15-26,33,35,46,61H,5,9-10,13-14,27-32,34H2,1-4H3,(H,56,57,64)/b50-45+/t46-,54-/m0/s1. The van der Waals surface area contributed by atoms with Gasteiger partial charge >= 0.3 is 0 Å². The van der Waals surface area contributed by atoms with E-state index in [1.165, 1.54) is 5.57 Å². The van der Waals surface area contributed by atoms with Gasteiger partial charge in [0.15, 0.2) is 5.54 Å². The van der Waals surface area contributed by atoms with E-state index in [9.17, 15) is 19.5 Å². The number of thiazole rings is 1. The summed E-state index contributed by atoms with van der Waals surface area (Å²) in [5, 5.41) is 16.9. The number of phenols is 1. The van der Waals surface area contributed by atoms with Crippen molar-refractivity contribution in [2.75, 3.05) is 46.6 Å². The summed E-state index contributed by atoms with van der Waals surface area (Å²) in [5.74, 6) is 1.66. The molecular weight excluding hydrogens is 893 g/mol. The van der Waals surface area contributed by atoms with Crippen LogP contribution in [-0.4, -0.2) is 101 Å². The molecule has 0 aliphatic carbocycles. The number of hydrogen-bond acceptors (Lipinski definition) is 12. The van der Waals surface area contributed by atoms with Crippen molar-refractivity contribution >= 4 is 46.0 Å². The Balaban J connectivity index is 0.726. The van der Waals surface area contributed by atoms with Crippen molar-refractivity contribution in [3.05, 3.63) is 148 Å². The van der Waals surface area contributed by atoms with Crippen LogP contribution in [0.1, 0.15) is 79.7 Å². The Morgan fingerprint density at radius 3 is 2.38 bits per heavy atom. The largest absolute Gasteiger partial charge is 0.508 e. The third-order valence-corrected chi connectivity index (χ3v) is 13.6. The summed E-state index contributed by atoms with van der Waals surface area (Å²) in [6.07, 6.45) is 3.17. The van der Waals surface area contributed by atoms with Crippen LogP contribution in [0.4, 0.5) is 0 Å². The molecule has 6 aromatic rings. The quantitative estimate of drug-likeness (QED) is 0.0525. The lowest BCUT2D eigenvalue weighted by Gasteiger charge is -2.24. The average molecular weight is 951 g/mol. The number of amides is 3. The van der Waals surface area contributed by atoms with Crippen molar-refractivity contribution in [1.82, 2.24) is 25.3 Å². The zero-order chi connectivity index (χ0) is 48.3. The Bertz CT molecular complexity index is 2770. The lowest BCUT2D eigenvalue weighted by Crippen LogP contribution is -2.46. The van der Waals surface area contributed by atoms with Crippen LogP contribution in [0.15, 0.2) is 124 Å². The Kier molecular flexibility index (Phi) is 15.7. The molecular formula is C54H58N6O8S. The van der Waals surface area contributed by atoms with Crippen LogP contribution in [0.2, 0.25) is 0 Å². The Hall–Kier alpha value is -7.10. The number of rotatable bonds is 21. The zero-order valence-corrected chi connectivity index (χ0v) is 40.3. The number of aryl methyl sites for hydroxylation is 1. The number of likely N-dealkylation sites (N-methyl/N-ethyl adjacent to an activating group) is 1. The Labute approximate surface area is 406 Å². The number of carbonyl (C=O) groups is 3. The van der Waals surface area contributed by atoms with Crippen LogP contribution < -0.4 is 14.8 Å². The topological polar surface area (TPSA) is 169 Å². The summed E-state index contributed by atoms with van der Waals surface area (Å²) in [6, 6.07) is 34.7. The number of aromatic nitrogens is 2. The maximum absolute atomic E-state index is 13.5. The van der Waals surface area contributed by atoms with E-state index in [1.54, 1.807) is 53.3 Å². The molecule has 0 radical (unpaired) electrons. The number of likely N-dealkylation sites (tertiary alicyclic amines) is 1. The molecule has 0 spiro atoms. The van der Waals surface area contributed by atoms with Gasteiger partial charge in [-0.05, 0) is 108 Å². The highest BCUT2D eigenvalue weighted by Gasteiger charge is 2.45. The summed E-state index contributed by atoms with van der Waals surface area (Å²) in [5.41, 5.74) is 8.99. The predicted octanol–water partition coefficient (Wildman–Crippen LogP) is 8.87. The summed E-state index contributed by atoms with van der Waals surface area (Å²) in [6.45, 7) is 8.13. The van der Waals surface area contributed by atoms with E-state index in [0.29, 0.717) is 62.9 Å². The van der Waals surface area contributed by atoms with Crippen LogP contribution in [-0.2, 0) is 31.1 Å². The van der Waals surface area contributed by atoms with Crippen LogP contribution >= 0.6 is 11.3 Å². The molecule has 0 unspecified atom stereocenters. The van der Waals surface area contributed by atoms with Gasteiger partial charge in [-0.3, -0.25) is 14.4 Å². The molecule has 8 rings (SSSR count). The van der Waals surface area contributed by atoms with Gasteiger partial charge in [0.2, 0.25) is 11.8 Å². The normalized spacial score (nSPS) is 17.0. The van der Waals surface area contributed by atoms with Gasteiger partial charge in [-0.2, -0.15) is 0 Å². The number of aromatic hydroxyl groups is 1. The average Bonchev–Trinajstić information content (AvgIpc) is 4.19. The monoisotopic (exact) mass is 950 g/mol. The van der Waals surface area contributed by atoms with Crippen LogP contribution in [0.25, 0.3) is 21.6 Å². The minimum atomic E-state index is -1.11. The molecule has 69 heavy (non-hydrogen) atoms. The van der Waals surface area contributed by atoms with Gasteiger partial charge < -0.3 is 39.0 Å². The lowest BCUT2D eigenvalue weighted by molar-refractivity contribution is -0.131. The second-order valence-electron chi connectivity index (χ2n) is 17.3. The van der Waals surface area contributed by atoms with E-state index in [2.05, 4.69) is 34.5 Å². The smallest absolute Gasteiger partial charge is 0.257 e. The van der Waals surface area contributed by atoms with Crippen LogP contribution in [0.3, 0.4) is 0 Å². The van der Waals surface area contributed by atoms with Gasteiger partial charge in [0.05, 0.1) is 41.7 Å². The summed E-state index contributed by atoms with van der Waals surface area (Å²) < 4.78 is 22.9. The van der Waals surface area contributed by atoms with Crippen molar-refractivity contribution in [3.63, 3.8) is 0 Å². The molecule has 4 aromatic carbocycles. The first-order valence-electron chi connectivity index (χ1n) is 23.4. The molecule has 1 fully saturated rings. The second-order valence-corrected chi connectivity index (χ2v) is 18.1. The maximum atomic E-state index is 13.5. The summed E-state index contributed by atoms with van der Waals surface area (Å²) in [4.78, 5) is 53.5. The van der Waals surface area contributed by atoms with Crippen molar-refractivity contribution in [2.45, 2.75) is 70.9 Å². The number of nitrogens with zero attached hydrogens (tertiary/aromatic N) is 5. The molecule has 358 valence electrons. The van der Waals surface area contributed by atoms with Gasteiger partial charge in [-0.1, -0.05) is 85.8 Å². The molecule has 2 aliphatic heterocycles. The first kappa shape index (κ1) is 48.4. The maximum Gasteiger partial charge on any atom is 0.257 e. The van der Waals surface area contributed by atoms with E-state index in [-0.39, 0.29) is 55.0 Å². The molecule has 2 atom stereocenters. The highest BCUT2D eigenvalue weighted by molar-refractivity contribution is 7.13. The number of ether oxygens (including phenoxy) is 3. The van der Waals surface area contributed by atoms with E-state index in [1.807, 2.05) is 91.3 Å². The van der Waals surface area contributed by atoms with Gasteiger partial charge in [0.25, 0.3) is 11.8 Å². The predicted molar refractivity (Wildman–Crippen MR) is 266 cm³/mol. The molecule has 2 aromatic heterocycles. The van der Waals surface area contributed by atoms with E-state index >= 15 is 0 Å². The van der Waals surface area contributed by atoms with Gasteiger partial charge in [-0.25, -0.2) is 9.98 Å². The first-order chi connectivity index (χ1) is 33.5. The Morgan fingerprint density at radius 2 is 1.67 bits per heavy atom. The molecule has 4 heterocycles. The number of aliphatic imine (C=N–C) groups is 1. The van der Waals surface area contributed by atoms with Crippen molar-refractivity contribution < 1.29 is 38.2 Å². The minimum Gasteiger partial charge on any atom is -0.508 e. The number of benzene rings is 4. The molecule has 1 saturated heterocycles. The highest BCUT2D eigenvalue weighted by atomic mass is 32.1. The zero-order valence-electron chi connectivity index (χ0n) is 39.5. The fourth-order valence-electron chi connectivity index (χ4n) is 8.76. The molecule has 2 aliphatic rings. The third-order valence-electron chi connectivity index (χ3n) is 12.6. The molecule has 15 heteroatoms. The number of phenolic OH excluding ortho intramolecular Hbond substituents is 1. The van der Waals surface area contributed by atoms with Crippen molar-refractivity contribution in [3.8, 4) is 27.8 Å². The van der Waals surface area contributed by atoms with Crippen LogP contribution in [0, 0.1) is 6.92 Å². The van der Waals surface area contributed by atoms with Crippen LogP contribution in [0.5, 0.6) is 17.4 Å². The van der Waals surface area contributed by atoms with E-state index < -0.39 is 5.54 Å². The molecule has 0 saturated carbocycles. The van der Waals surface area contributed by atoms with E-state index in [0.717, 1.165) is 56.8 Å². The fourth-order valence-corrected chi connectivity index (χ4v) is 9.57.